The SMILES string of the molecule is COc1cc(C(C)C)ccc1-c1nc(C(=O)O)co1. The van der Waals surface area contributed by atoms with Gasteiger partial charge in [-0.2, -0.15) is 0 Å². The van der Waals surface area contributed by atoms with Crippen molar-refractivity contribution in [3.05, 3.63) is 35.7 Å². The van der Waals surface area contributed by atoms with Crippen molar-refractivity contribution < 1.29 is 19.1 Å². The highest BCUT2D eigenvalue weighted by atomic mass is 16.5. The Morgan fingerprint density at radius 2 is 2.16 bits per heavy atom. The van der Waals surface area contributed by atoms with Gasteiger partial charge in [-0.1, -0.05) is 19.9 Å². The zero-order valence-corrected chi connectivity index (χ0v) is 11.0. The van der Waals surface area contributed by atoms with Gasteiger partial charge in [-0.15, -0.1) is 0 Å². The number of rotatable bonds is 4. The Hall–Kier alpha value is -2.30. The van der Waals surface area contributed by atoms with Crippen LogP contribution >= 0.6 is 0 Å². The van der Waals surface area contributed by atoms with Crippen LogP contribution in [0.4, 0.5) is 0 Å². The maximum atomic E-state index is 10.8. The first-order valence-corrected chi connectivity index (χ1v) is 5.90. The Balaban J connectivity index is 2.46. The summed E-state index contributed by atoms with van der Waals surface area (Å²) in [7, 11) is 1.56. The lowest BCUT2D eigenvalue weighted by Crippen LogP contribution is -1.96. The quantitative estimate of drug-likeness (QED) is 0.915. The average molecular weight is 261 g/mol. The lowest BCUT2D eigenvalue weighted by Gasteiger charge is -2.10. The van der Waals surface area contributed by atoms with Gasteiger partial charge in [0, 0.05) is 0 Å². The topological polar surface area (TPSA) is 72.6 Å². The summed E-state index contributed by atoms with van der Waals surface area (Å²) in [5.74, 6) is 0.115. The minimum atomic E-state index is -1.12. The van der Waals surface area contributed by atoms with Crippen LogP contribution in [0.1, 0.15) is 35.8 Å². The van der Waals surface area contributed by atoms with Crippen molar-refractivity contribution in [2.45, 2.75) is 19.8 Å². The molecule has 0 aliphatic rings. The number of hydrogen-bond acceptors (Lipinski definition) is 4. The summed E-state index contributed by atoms with van der Waals surface area (Å²) in [6, 6.07) is 5.68. The lowest BCUT2D eigenvalue weighted by molar-refractivity contribution is 0.0690. The van der Waals surface area contributed by atoms with Crippen LogP contribution in [0.3, 0.4) is 0 Å². The maximum absolute atomic E-state index is 10.8. The molecule has 0 amide bonds. The van der Waals surface area contributed by atoms with Crippen LogP contribution in [0.5, 0.6) is 5.75 Å². The molecule has 1 heterocycles. The van der Waals surface area contributed by atoms with Crippen molar-refractivity contribution in [1.29, 1.82) is 0 Å². The van der Waals surface area contributed by atoms with Gasteiger partial charge >= 0.3 is 5.97 Å². The molecule has 1 aromatic carbocycles. The summed E-state index contributed by atoms with van der Waals surface area (Å²) >= 11 is 0. The number of hydrogen-bond donors (Lipinski definition) is 1. The van der Waals surface area contributed by atoms with Crippen LogP contribution in [-0.2, 0) is 0 Å². The Bertz CT molecular complexity index is 601. The van der Waals surface area contributed by atoms with E-state index >= 15 is 0 Å². The van der Waals surface area contributed by atoms with Gasteiger partial charge in [0.15, 0.2) is 5.69 Å². The van der Waals surface area contributed by atoms with Crippen molar-refractivity contribution in [2.75, 3.05) is 7.11 Å². The molecular weight excluding hydrogens is 246 g/mol. The molecule has 5 heteroatoms. The zero-order valence-electron chi connectivity index (χ0n) is 11.0. The molecule has 0 atom stereocenters. The number of methoxy groups -OCH3 is 1. The van der Waals surface area contributed by atoms with Gasteiger partial charge in [-0.25, -0.2) is 9.78 Å². The van der Waals surface area contributed by atoms with E-state index in [2.05, 4.69) is 18.8 Å². The number of nitrogens with zero attached hydrogens (tertiary/aromatic N) is 1. The molecule has 1 aromatic heterocycles. The largest absolute Gasteiger partial charge is 0.496 e. The third-order valence-corrected chi connectivity index (χ3v) is 2.85. The number of oxazole rings is 1. The maximum Gasteiger partial charge on any atom is 0.357 e. The van der Waals surface area contributed by atoms with Gasteiger partial charge < -0.3 is 14.3 Å². The molecule has 0 spiro atoms. The fourth-order valence-corrected chi connectivity index (χ4v) is 1.74. The van der Waals surface area contributed by atoms with Crippen LogP contribution in [0.2, 0.25) is 0 Å². The number of carboxylic acid groups (broad SMARTS) is 1. The monoisotopic (exact) mass is 261 g/mol. The van der Waals surface area contributed by atoms with Gasteiger partial charge in [-0.3, -0.25) is 0 Å². The summed E-state index contributed by atoms with van der Waals surface area (Å²) in [6.07, 6.45) is 1.12. The van der Waals surface area contributed by atoms with Crippen molar-refractivity contribution in [1.82, 2.24) is 4.98 Å². The second-order valence-corrected chi connectivity index (χ2v) is 4.46. The Labute approximate surface area is 110 Å². The van der Waals surface area contributed by atoms with E-state index in [0.29, 0.717) is 17.2 Å². The normalized spacial score (nSPS) is 10.7. The third-order valence-electron chi connectivity index (χ3n) is 2.85. The summed E-state index contributed by atoms with van der Waals surface area (Å²) in [4.78, 5) is 14.7. The molecule has 0 saturated heterocycles. The number of aromatic carboxylic acids is 1. The summed E-state index contributed by atoms with van der Waals surface area (Å²) in [6.45, 7) is 4.17. The van der Waals surface area contributed by atoms with Crippen LogP contribution in [0, 0.1) is 0 Å². The summed E-state index contributed by atoms with van der Waals surface area (Å²) < 4.78 is 10.5. The molecule has 5 nitrogen and oxygen atoms in total. The number of ether oxygens (including phenoxy) is 1. The minimum Gasteiger partial charge on any atom is -0.496 e. The molecule has 0 aliphatic carbocycles. The predicted octanol–water partition coefficient (Wildman–Crippen LogP) is 3.17. The summed E-state index contributed by atoms with van der Waals surface area (Å²) in [5.41, 5.74) is 1.65. The number of benzene rings is 1. The van der Waals surface area contributed by atoms with E-state index in [1.54, 1.807) is 7.11 Å². The fraction of sp³-hybridized carbons (Fsp3) is 0.286. The molecule has 0 bridgehead atoms. The predicted molar refractivity (Wildman–Crippen MR) is 69.5 cm³/mol. The highest BCUT2D eigenvalue weighted by Gasteiger charge is 2.16. The molecule has 0 saturated carbocycles. The molecule has 100 valence electrons. The van der Waals surface area contributed by atoms with E-state index in [1.807, 2.05) is 18.2 Å². The van der Waals surface area contributed by atoms with Crippen molar-refractivity contribution in [3.63, 3.8) is 0 Å². The van der Waals surface area contributed by atoms with Gasteiger partial charge in [0.05, 0.1) is 12.7 Å². The third kappa shape index (κ3) is 2.59. The van der Waals surface area contributed by atoms with Crippen LogP contribution < -0.4 is 4.74 Å². The van der Waals surface area contributed by atoms with Crippen molar-refractivity contribution >= 4 is 5.97 Å². The second kappa shape index (κ2) is 5.14. The first-order chi connectivity index (χ1) is 9.02. The smallest absolute Gasteiger partial charge is 0.357 e. The van der Waals surface area contributed by atoms with Gasteiger partial charge in [0.2, 0.25) is 5.89 Å². The molecule has 2 aromatic rings. The van der Waals surface area contributed by atoms with E-state index < -0.39 is 5.97 Å². The molecule has 2 rings (SSSR count). The number of carboxylic acids is 1. The molecule has 1 N–H and O–H groups in total. The lowest BCUT2D eigenvalue weighted by atomic mass is 10.0. The van der Waals surface area contributed by atoms with Crippen LogP contribution in [0.15, 0.2) is 28.9 Å². The van der Waals surface area contributed by atoms with E-state index in [-0.39, 0.29) is 11.6 Å². The zero-order chi connectivity index (χ0) is 14.0. The van der Waals surface area contributed by atoms with E-state index in [4.69, 9.17) is 14.3 Å². The van der Waals surface area contributed by atoms with Gasteiger partial charge in [-0.05, 0) is 23.6 Å². The molecular formula is C14H15NO4. The van der Waals surface area contributed by atoms with E-state index in [9.17, 15) is 4.79 Å². The summed E-state index contributed by atoms with van der Waals surface area (Å²) in [5, 5.41) is 8.83. The first kappa shape index (κ1) is 13.1. The Morgan fingerprint density at radius 1 is 1.42 bits per heavy atom. The fourth-order valence-electron chi connectivity index (χ4n) is 1.74. The standard InChI is InChI=1S/C14H15NO4/c1-8(2)9-4-5-10(12(6-9)18-3)13-15-11(7-19-13)14(16)17/h4-8H,1-3H3,(H,16,17). The molecule has 0 fully saturated rings. The van der Waals surface area contributed by atoms with Crippen LogP contribution in [0.25, 0.3) is 11.5 Å². The minimum absolute atomic E-state index is 0.120. The van der Waals surface area contributed by atoms with E-state index in [1.165, 1.54) is 0 Å². The number of carbonyl (C=O) groups is 1. The Morgan fingerprint density at radius 3 is 2.68 bits per heavy atom. The van der Waals surface area contributed by atoms with Gasteiger partial charge in [0.1, 0.15) is 12.0 Å². The molecule has 0 unspecified atom stereocenters. The van der Waals surface area contributed by atoms with Crippen molar-refractivity contribution in [3.8, 4) is 17.2 Å². The van der Waals surface area contributed by atoms with Crippen molar-refractivity contribution in [2.24, 2.45) is 0 Å². The van der Waals surface area contributed by atoms with Crippen LogP contribution in [-0.4, -0.2) is 23.2 Å². The molecule has 0 radical (unpaired) electrons. The molecule has 19 heavy (non-hydrogen) atoms. The van der Waals surface area contributed by atoms with Gasteiger partial charge in [0.25, 0.3) is 0 Å². The number of aromatic nitrogens is 1. The first-order valence-electron chi connectivity index (χ1n) is 5.90. The average Bonchev–Trinajstić information content (AvgIpc) is 2.87. The Kier molecular flexibility index (Phi) is 3.55. The highest BCUT2D eigenvalue weighted by Crippen LogP contribution is 2.32. The second-order valence-electron chi connectivity index (χ2n) is 4.46. The highest BCUT2D eigenvalue weighted by molar-refractivity contribution is 5.85. The van der Waals surface area contributed by atoms with E-state index in [0.717, 1.165) is 11.8 Å². The molecule has 0 aliphatic heterocycles.